The number of alkyl halides is 3. The quantitative estimate of drug-likeness (QED) is 0.781. The Balaban J connectivity index is 2.14. The molecule has 0 aromatic heterocycles. The molecule has 0 spiro atoms. The van der Waals surface area contributed by atoms with Crippen molar-refractivity contribution in [1.82, 2.24) is 4.90 Å². The van der Waals surface area contributed by atoms with Crippen molar-refractivity contribution in [1.29, 1.82) is 0 Å². The van der Waals surface area contributed by atoms with Gasteiger partial charge in [-0.15, -0.1) is 0 Å². The Morgan fingerprint density at radius 2 is 1.95 bits per heavy atom. The van der Waals surface area contributed by atoms with Crippen molar-refractivity contribution in [3.8, 4) is 11.5 Å². The lowest BCUT2D eigenvalue weighted by Crippen LogP contribution is -2.44. The van der Waals surface area contributed by atoms with Crippen molar-refractivity contribution in [3.63, 3.8) is 0 Å². The highest BCUT2D eigenvalue weighted by molar-refractivity contribution is 5.95. The number of nitrogens with zero attached hydrogens (tertiary/aromatic N) is 1. The van der Waals surface area contributed by atoms with E-state index in [9.17, 15) is 23.1 Å². The third-order valence-corrected chi connectivity index (χ3v) is 3.39. The summed E-state index contributed by atoms with van der Waals surface area (Å²) in [5.74, 6) is -2.94. The SMILES string of the molecule is O=C(c1ccc(O)c(O)c1)N1CCCC(C(F)(F)F)C1. The summed E-state index contributed by atoms with van der Waals surface area (Å²) in [6, 6.07) is 3.46. The van der Waals surface area contributed by atoms with Crippen molar-refractivity contribution in [2.24, 2.45) is 5.92 Å². The van der Waals surface area contributed by atoms with Crippen molar-refractivity contribution in [2.45, 2.75) is 19.0 Å². The monoisotopic (exact) mass is 289 g/mol. The topological polar surface area (TPSA) is 60.8 Å². The summed E-state index contributed by atoms with van der Waals surface area (Å²) in [6.07, 6.45) is -4.00. The van der Waals surface area contributed by atoms with Gasteiger partial charge in [0.1, 0.15) is 0 Å². The fraction of sp³-hybridized carbons (Fsp3) is 0.462. The van der Waals surface area contributed by atoms with Gasteiger partial charge in [-0.25, -0.2) is 0 Å². The molecular weight excluding hydrogens is 275 g/mol. The Kier molecular flexibility index (Phi) is 3.78. The van der Waals surface area contributed by atoms with E-state index in [2.05, 4.69) is 0 Å². The molecule has 110 valence electrons. The summed E-state index contributed by atoms with van der Waals surface area (Å²) < 4.78 is 38.1. The highest BCUT2D eigenvalue weighted by Gasteiger charge is 2.42. The van der Waals surface area contributed by atoms with Crippen LogP contribution in [0.4, 0.5) is 13.2 Å². The zero-order chi connectivity index (χ0) is 14.9. The minimum absolute atomic E-state index is 0.0219. The molecule has 1 amide bonds. The molecule has 1 atom stereocenters. The number of benzene rings is 1. The van der Waals surface area contributed by atoms with E-state index < -0.39 is 23.8 Å². The number of aromatic hydroxyl groups is 2. The minimum atomic E-state index is -4.31. The van der Waals surface area contributed by atoms with Gasteiger partial charge in [0.05, 0.1) is 5.92 Å². The van der Waals surface area contributed by atoms with Crippen LogP contribution in [0.5, 0.6) is 11.5 Å². The first-order valence-electron chi connectivity index (χ1n) is 6.17. The molecular formula is C13H14F3NO3. The van der Waals surface area contributed by atoms with Gasteiger partial charge < -0.3 is 15.1 Å². The summed E-state index contributed by atoms with van der Waals surface area (Å²) >= 11 is 0. The fourth-order valence-electron chi connectivity index (χ4n) is 2.27. The number of rotatable bonds is 1. The minimum Gasteiger partial charge on any atom is -0.504 e. The first-order chi connectivity index (χ1) is 9.29. The molecule has 7 heteroatoms. The molecule has 2 rings (SSSR count). The van der Waals surface area contributed by atoms with E-state index in [4.69, 9.17) is 5.11 Å². The highest BCUT2D eigenvalue weighted by Crippen LogP contribution is 2.34. The molecule has 0 aliphatic carbocycles. The van der Waals surface area contributed by atoms with Crippen molar-refractivity contribution in [2.75, 3.05) is 13.1 Å². The number of hydrogen-bond donors (Lipinski definition) is 2. The Bertz CT molecular complexity index is 516. The highest BCUT2D eigenvalue weighted by atomic mass is 19.4. The van der Waals surface area contributed by atoms with Crippen LogP contribution in [0.2, 0.25) is 0 Å². The second-order valence-electron chi connectivity index (χ2n) is 4.84. The second-order valence-corrected chi connectivity index (χ2v) is 4.84. The van der Waals surface area contributed by atoms with Gasteiger partial charge in [0.25, 0.3) is 5.91 Å². The number of carbonyl (C=O) groups is 1. The zero-order valence-corrected chi connectivity index (χ0v) is 10.5. The van der Waals surface area contributed by atoms with Gasteiger partial charge in [-0.05, 0) is 31.0 Å². The number of phenols is 2. The number of hydrogen-bond acceptors (Lipinski definition) is 3. The van der Waals surface area contributed by atoms with Gasteiger partial charge in [0.2, 0.25) is 0 Å². The first kappa shape index (κ1) is 14.5. The van der Waals surface area contributed by atoms with E-state index in [0.717, 1.165) is 17.0 Å². The number of halogens is 3. The van der Waals surface area contributed by atoms with Crippen LogP contribution in [-0.2, 0) is 0 Å². The van der Waals surface area contributed by atoms with E-state index in [1.54, 1.807) is 0 Å². The molecule has 1 fully saturated rings. The summed E-state index contributed by atoms with van der Waals surface area (Å²) in [6.45, 7) is -0.114. The van der Waals surface area contributed by atoms with E-state index >= 15 is 0 Å². The van der Waals surface area contributed by atoms with Crippen LogP contribution in [0.25, 0.3) is 0 Å². The van der Waals surface area contributed by atoms with Gasteiger partial charge in [0, 0.05) is 18.7 Å². The van der Waals surface area contributed by atoms with Crippen LogP contribution >= 0.6 is 0 Å². The normalized spacial score (nSPS) is 19.9. The van der Waals surface area contributed by atoms with Gasteiger partial charge >= 0.3 is 6.18 Å². The number of carbonyl (C=O) groups excluding carboxylic acids is 1. The Hall–Kier alpha value is -1.92. The standard InChI is InChI=1S/C13H14F3NO3/c14-13(15,16)9-2-1-5-17(7-9)12(20)8-3-4-10(18)11(19)6-8/h3-4,6,9,18-19H,1-2,5,7H2. The maximum Gasteiger partial charge on any atom is 0.393 e. The van der Waals surface area contributed by atoms with Crippen LogP contribution in [0.1, 0.15) is 23.2 Å². The molecule has 20 heavy (non-hydrogen) atoms. The number of likely N-dealkylation sites (tertiary alicyclic amines) is 1. The summed E-state index contributed by atoms with van der Waals surface area (Å²) in [5, 5.41) is 18.5. The van der Waals surface area contributed by atoms with Crippen LogP contribution in [0.3, 0.4) is 0 Å². The predicted molar refractivity (Wildman–Crippen MR) is 64.5 cm³/mol. The molecule has 0 saturated carbocycles. The van der Waals surface area contributed by atoms with E-state index in [0.29, 0.717) is 6.42 Å². The van der Waals surface area contributed by atoms with Crippen LogP contribution in [0.15, 0.2) is 18.2 Å². The molecule has 1 saturated heterocycles. The van der Waals surface area contributed by atoms with E-state index in [1.165, 1.54) is 6.07 Å². The molecule has 1 aromatic carbocycles. The zero-order valence-electron chi connectivity index (χ0n) is 10.5. The Morgan fingerprint density at radius 1 is 1.25 bits per heavy atom. The van der Waals surface area contributed by atoms with Crippen LogP contribution in [0, 0.1) is 5.92 Å². The van der Waals surface area contributed by atoms with Gasteiger partial charge in [0.15, 0.2) is 11.5 Å². The summed E-state index contributed by atoms with van der Waals surface area (Å²) in [5.41, 5.74) is 0.0584. The van der Waals surface area contributed by atoms with E-state index in [1.807, 2.05) is 0 Å². The van der Waals surface area contributed by atoms with Gasteiger partial charge in [-0.2, -0.15) is 13.2 Å². The Morgan fingerprint density at radius 3 is 2.55 bits per heavy atom. The van der Waals surface area contributed by atoms with Crippen molar-refractivity contribution in [3.05, 3.63) is 23.8 Å². The van der Waals surface area contributed by atoms with Crippen LogP contribution < -0.4 is 0 Å². The molecule has 4 nitrogen and oxygen atoms in total. The average molecular weight is 289 g/mol. The van der Waals surface area contributed by atoms with Crippen molar-refractivity contribution < 1.29 is 28.2 Å². The lowest BCUT2D eigenvalue weighted by molar-refractivity contribution is -0.184. The molecule has 1 aliphatic heterocycles. The van der Waals surface area contributed by atoms with Gasteiger partial charge in [-0.3, -0.25) is 4.79 Å². The van der Waals surface area contributed by atoms with Gasteiger partial charge in [-0.1, -0.05) is 0 Å². The van der Waals surface area contributed by atoms with Crippen molar-refractivity contribution >= 4 is 5.91 Å². The number of amides is 1. The molecule has 1 heterocycles. The smallest absolute Gasteiger partial charge is 0.393 e. The number of phenolic OH excluding ortho intramolecular Hbond substituents is 2. The van der Waals surface area contributed by atoms with E-state index in [-0.39, 0.29) is 30.8 Å². The third kappa shape index (κ3) is 2.97. The largest absolute Gasteiger partial charge is 0.504 e. The Labute approximate surface area is 113 Å². The lowest BCUT2D eigenvalue weighted by atomic mass is 9.97. The molecule has 1 aromatic rings. The maximum absolute atomic E-state index is 12.7. The average Bonchev–Trinajstić information content (AvgIpc) is 2.40. The summed E-state index contributed by atoms with van der Waals surface area (Å²) in [4.78, 5) is 13.2. The second kappa shape index (κ2) is 5.22. The predicted octanol–water partition coefficient (Wildman–Crippen LogP) is 2.51. The molecule has 1 aliphatic rings. The number of piperidine rings is 1. The lowest BCUT2D eigenvalue weighted by Gasteiger charge is -2.33. The molecule has 0 bridgehead atoms. The fourth-order valence-corrected chi connectivity index (χ4v) is 2.27. The third-order valence-electron chi connectivity index (χ3n) is 3.39. The summed E-state index contributed by atoms with van der Waals surface area (Å²) in [7, 11) is 0. The first-order valence-corrected chi connectivity index (χ1v) is 6.17. The molecule has 0 radical (unpaired) electrons. The molecule has 2 N–H and O–H groups in total. The maximum atomic E-state index is 12.7. The molecule has 1 unspecified atom stereocenters. The van der Waals surface area contributed by atoms with Crippen LogP contribution in [-0.4, -0.2) is 40.3 Å².